The molecule has 0 spiro atoms. The zero-order valence-electron chi connectivity index (χ0n) is 3.75. The Morgan fingerprint density at radius 1 is 1.22 bits per heavy atom. The van der Waals surface area contributed by atoms with E-state index in [4.69, 9.17) is 9.11 Å². The van der Waals surface area contributed by atoms with E-state index in [1.807, 2.05) is 0 Å². The molecule has 0 rings (SSSR count). The summed E-state index contributed by atoms with van der Waals surface area (Å²) in [4.78, 5) is 0. The van der Waals surface area contributed by atoms with Crippen LogP contribution in [0.5, 0.6) is 0 Å². The number of rotatable bonds is 2. The van der Waals surface area contributed by atoms with Gasteiger partial charge in [-0.05, 0) is 0 Å². The fraction of sp³-hybridized carbons (Fsp3) is 0. The van der Waals surface area contributed by atoms with Gasteiger partial charge in [0.05, 0.1) is 0 Å². The van der Waals surface area contributed by atoms with Crippen molar-refractivity contribution in [3.8, 4) is 0 Å². The van der Waals surface area contributed by atoms with Gasteiger partial charge in [0.1, 0.15) is 0 Å². The van der Waals surface area contributed by atoms with Gasteiger partial charge in [0.2, 0.25) is 0 Å². The average molecular weight is 257 g/mol. The molecule has 1 unspecified atom stereocenters. The van der Waals surface area contributed by atoms with Crippen molar-refractivity contribution in [2.75, 3.05) is 0 Å². The van der Waals surface area contributed by atoms with E-state index in [2.05, 4.69) is 0 Å². The van der Waals surface area contributed by atoms with Gasteiger partial charge in [0.25, 0.3) is 0 Å². The van der Waals surface area contributed by atoms with Crippen molar-refractivity contribution in [2.45, 2.75) is 0 Å². The molecule has 0 aromatic heterocycles. The molecular weight excluding hydrogens is 255 g/mol. The molecule has 0 aliphatic heterocycles. The summed E-state index contributed by atoms with van der Waals surface area (Å²) in [6.07, 6.45) is 0. The van der Waals surface area contributed by atoms with Crippen LogP contribution < -0.4 is 0 Å². The van der Waals surface area contributed by atoms with Gasteiger partial charge in [-0.3, -0.25) is 0 Å². The van der Waals surface area contributed by atoms with Crippen molar-refractivity contribution >= 4 is 40.5 Å². The zero-order chi connectivity index (χ0) is 7.71. The fourth-order valence-corrected chi connectivity index (χ4v) is 6.91. The van der Waals surface area contributed by atoms with Gasteiger partial charge in [-0.2, -0.15) is 0 Å². The van der Waals surface area contributed by atoms with Crippen LogP contribution in [0.25, 0.3) is 0 Å². The third-order valence-electron chi connectivity index (χ3n) is 0.172. The van der Waals surface area contributed by atoms with Crippen LogP contribution >= 0.6 is 9.83 Å². The summed E-state index contributed by atoms with van der Waals surface area (Å²) in [6, 6.07) is 0. The minimum atomic E-state index is -4.42. The van der Waals surface area contributed by atoms with Crippen molar-refractivity contribution < 1.29 is 21.7 Å². The van der Waals surface area contributed by atoms with Crippen LogP contribution in [0.3, 0.4) is 0 Å². The molecule has 0 saturated carbocycles. The summed E-state index contributed by atoms with van der Waals surface area (Å²) < 4.78 is 45.9. The first-order valence-corrected chi connectivity index (χ1v) is 8.19. The second kappa shape index (κ2) is 2.87. The van der Waals surface area contributed by atoms with E-state index in [1.165, 1.54) is 0 Å². The molecule has 0 aromatic rings. The van der Waals surface area contributed by atoms with E-state index < -0.39 is 26.1 Å². The van der Waals surface area contributed by atoms with E-state index in [0.29, 0.717) is 0 Å². The van der Waals surface area contributed by atoms with Gasteiger partial charge in [0.15, 0.2) is 0 Å². The Balaban J connectivity index is 4.46. The first kappa shape index (κ1) is 9.89. The predicted octanol–water partition coefficient (Wildman–Crippen LogP) is -0.722. The summed E-state index contributed by atoms with van der Waals surface area (Å²) >= 11 is 1.68. The summed E-state index contributed by atoms with van der Waals surface area (Å²) in [7, 11) is -8.43. The summed E-state index contributed by atoms with van der Waals surface area (Å²) in [5.41, 5.74) is 0. The predicted molar refractivity (Wildman–Crippen MR) is 35.7 cm³/mol. The third kappa shape index (κ3) is 8.89. The summed E-state index contributed by atoms with van der Waals surface area (Å²) in [5.74, 6) is 0. The van der Waals surface area contributed by atoms with Crippen molar-refractivity contribution in [3.05, 3.63) is 0 Å². The quantitative estimate of drug-likeness (QED) is 0.385. The SMILES string of the molecule is O=S(=O)(O)SS(=O)(O)=[Se]. The Labute approximate surface area is 62.3 Å². The molecule has 0 heterocycles. The second-order valence-corrected chi connectivity index (χ2v) is 11.3. The van der Waals surface area contributed by atoms with Crippen LogP contribution in [0.4, 0.5) is 0 Å². The molecule has 0 saturated heterocycles. The molecular formula is H2O5S3Se. The molecule has 0 fully saturated rings. The normalized spacial score (nSPS) is 18.9. The van der Waals surface area contributed by atoms with E-state index >= 15 is 0 Å². The molecule has 9 heavy (non-hydrogen) atoms. The van der Waals surface area contributed by atoms with Gasteiger partial charge < -0.3 is 0 Å². The maximum atomic E-state index is 10.1. The van der Waals surface area contributed by atoms with Crippen LogP contribution in [-0.4, -0.2) is 36.1 Å². The van der Waals surface area contributed by atoms with Crippen molar-refractivity contribution in [1.82, 2.24) is 0 Å². The standard InChI is InChI=1S/H2O5S3Se/c1-7(2,3)6-8(4,5)9/h(H,1,2,3)(H,4,5,9). The first-order chi connectivity index (χ1) is 3.71. The Bertz CT molecular complexity index is 237. The topological polar surface area (TPSA) is 91.7 Å². The second-order valence-electron chi connectivity index (χ2n) is 0.924. The van der Waals surface area contributed by atoms with Crippen molar-refractivity contribution in [2.24, 2.45) is 0 Å². The molecule has 5 nitrogen and oxygen atoms in total. The van der Waals surface area contributed by atoms with Gasteiger partial charge in [-0.1, -0.05) is 0 Å². The van der Waals surface area contributed by atoms with Crippen LogP contribution in [0.2, 0.25) is 0 Å². The Morgan fingerprint density at radius 2 is 1.56 bits per heavy atom. The molecule has 1 atom stereocenters. The van der Waals surface area contributed by atoms with Crippen LogP contribution in [0, 0.1) is 0 Å². The zero-order valence-corrected chi connectivity index (χ0v) is 7.91. The van der Waals surface area contributed by atoms with E-state index in [0.717, 1.165) is 0 Å². The van der Waals surface area contributed by atoms with Crippen molar-refractivity contribution in [1.29, 1.82) is 0 Å². The van der Waals surface area contributed by atoms with E-state index in [-0.39, 0.29) is 0 Å². The molecule has 56 valence electrons. The minimum absolute atomic E-state index is 0.431. The molecule has 0 amide bonds. The molecule has 0 aromatic carbocycles. The molecule has 9 heteroatoms. The molecule has 0 aliphatic rings. The number of hydrogen-bond acceptors (Lipinski definition) is 4. The maximum absolute atomic E-state index is 10.1. The first-order valence-electron chi connectivity index (χ1n) is 1.37. The van der Waals surface area contributed by atoms with E-state index in [9.17, 15) is 12.6 Å². The van der Waals surface area contributed by atoms with Crippen LogP contribution in [-0.2, 0) is 16.3 Å². The Hall–Kier alpha value is 0.889. The third-order valence-corrected chi connectivity index (χ3v) is 7.79. The molecule has 0 radical (unpaired) electrons. The summed E-state index contributed by atoms with van der Waals surface area (Å²) in [6.45, 7) is 0. The van der Waals surface area contributed by atoms with E-state index in [1.54, 1.807) is 14.4 Å². The van der Waals surface area contributed by atoms with Crippen LogP contribution in [0.1, 0.15) is 0 Å². The Morgan fingerprint density at radius 3 is 1.56 bits per heavy atom. The monoisotopic (exact) mass is 258 g/mol. The summed E-state index contributed by atoms with van der Waals surface area (Å²) in [5, 5.41) is 0. The van der Waals surface area contributed by atoms with Gasteiger partial charge in [-0.25, -0.2) is 0 Å². The molecule has 2 N–H and O–H groups in total. The van der Waals surface area contributed by atoms with Crippen molar-refractivity contribution in [3.63, 3.8) is 0 Å². The van der Waals surface area contributed by atoms with Gasteiger partial charge in [-0.15, -0.1) is 0 Å². The Kier molecular flexibility index (Phi) is 3.15. The van der Waals surface area contributed by atoms with Crippen LogP contribution in [0.15, 0.2) is 0 Å². The fourth-order valence-electron chi connectivity index (χ4n) is 0.109. The number of hydrogen-bond donors (Lipinski definition) is 2. The van der Waals surface area contributed by atoms with Gasteiger partial charge in [0, 0.05) is 0 Å². The molecule has 0 aliphatic carbocycles. The average Bonchev–Trinajstić information content (AvgIpc) is 1.14. The molecule has 0 bridgehead atoms. The van der Waals surface area contributed by atoms with Gasteiger partial charge >= 0.3 is 62.3 Å².